The summed E-state index contributed by atoms with van der Waals surface area (Å²) in [7, 11) is -3.44. The maximum Gasteiger partial charge on any atom is 0.157 e. The largest absolute Gasteiger partial charge is 0.390 e. The van der Waals surface area contributed by atoms with Gasteiger partial charge < -0.3 is 9.84 Å². The van der Waals surface area contributed by atoms with Gasteiger partial charge in [-0.2, -0.15) is 0 Å². The van der Waals surface area contributed by atoms with Crippen molar-refractivity contribution in [1.82, 2.24) is 0 Å². The Morgan fingerprint density at radius 1 is 1.04 bits per heavy atom. The van der Waals surface area contributed by atoms with Crippen LogP contribution in [0, 0.1) is 5.82 Å². The van der Waals surface area contributed by atoms with Crippen molar-refractivity contribution in [2.45, 2.75) is 18.5 Å². The molecule has 0 bridgehead atoms. The molecule has 1 unspecified atom stereocenters. The van der Waals surface area contributed by atoms with Crippen LogP contribution in [0.4, 0.5) is 4.39 Å². The minimum atomic E-state index is -3.44. The van der Waals surface area contributed by atoms with Crippen molar-refractivity contribution in [2.24, 2.45) is 0 Å². The zero-order valence-electron chi connectivity index (χ0n) is 12.6. The molecule has 2 aromatic rings. The van der Waals surface area contributed by atoms with E-state index in [1.165, 1.54) is 6.07 Å². The maximum atomic E-state index is 13.4. The van der Waals surface area contributed by atoms with Crippen LogP contribution in [0.1, 0.15) is 11.1 Å². The zero-order chi connectivity index (χ0) is 16.7. The zero-order valence-corrected chi connectivity index (χ0v) is 13.4. The van der Waals surface area contributed by atoms with Crippen LogP contribution in [0.2, 0.25) is 0 Å². The summed E-state index contributed by atoms with van der Waals surface area (Å²) in [6, 6.07) is 14.9. The molecule has 0 fully saturated rings. The molecule has 1 N–H and O–H groups in total. The predicted molar refractivity (Wildman–Crippen MR) is 86.0 cm³/mol. The van der Waals surface area contributed by atoms with Gasteiger partial charge in [0, 0.05) is 5.56 Å². The summed E-state index contributed by atoms with van der Waals surface area (Å²) < 4.78 is 42.6. The van der Waals surface area contributed by atoms with Crippen LogP contribution in [0.15, 0.2) is 54.6 Å². The second-order valence-electron chi connectivity index (χ2n) is 5.30. The topological polar surface area (TPSA) is 63.6 Å². The Labute approximate surface area is 135 Å². The van der Waals surface area contributed by atoms with E-state index in [4.69, 9.17) is 4.74 Å². The minimum absolute atomic E-state index is 0.0114. The molecule has 1 atom stereocenters. The standard InChI is InChI=1S/C17H19FO4S/c18-17-9-5-4-8-15(17)10-22-11-16(19)13-23(20,21)12-14-6-2-1-3-7-14/h1-9,16,19H,10-13H2. The lowest BCUT2D eigenvalue weighted by Crippen LogP contribution is -2.26. The first-order valence-electron chi connectivity index (χ1n) is 7.20. The van der Waals surface area contributed by atoms with E-state index in [0.29, 0.717) is 11.1 Å². The fraction of sp³-hybridized carbons (Fsp3) is 0.294. The van der Waals surface area contributed by atoms with Crippen molar-refractivity contribution in [3.05, 3.63) is 71.5 Å². The third kappa shape index (κ3) is 6.09. The van der Waals surface area contributed by atoms with E-state index in [1.54, 1.807) is 42.5 Å². The van der Waals surface area contributed by atoms with Crippen LogP contribution in [0.5, 0.6) is 0 Å². The number of halogens is 1. The van der Waals surface area contributed by atoms with E-state index >= 15 is 0 Å². The number of sulfone groups is 1. The third-order valence-electron chi connectivity index (χ3n) is 3.20. The second kappa shape index (κ2) is 8.19. The van der Waals surface area contributed by atoms with Crippen molar-refractivity contribution in [1.29, 1.82) is 0 Å². The summed E-state index contributed by atoms with van der Waals surface area (Å²) in [5, 5.41) is 9.81. The van der Waals surface area contributed by atoms with Gasteiger partial charge in [-0.25, -0.2) is 12.8 Å². The number of aliphatic hydroxyl groups excluding tert-OH is 1. The Bertz CT molecular complexity index is 716. The van der Waals surface area contributed by atoms with Crippen LogP contribution in [0.3, 0.4) is 0 Å². The quantitative estimate of drug-likeness (QED) is 0.802. The van der Waals surface area contributed by atoms with Gasteiger partial charge in [-0.15, -0.1) is 0 Å². The summed E-state index contributed by atoms with van der Waals surface area (Å²) in [4.78, 5) is 0. The molecule has 0 amide bonds. The predicted octanol–water partition coefficient (Wildman–Crippen LogP) is 2.32. The Morgan fingerprint density at radius 3 is 2.39 bits per heavy atom. The summed E-state index contributed by atoms with van der Waals surface area (Å²) in [5.41, 5.74) is 1.04. The normalized spacial score (nSPS) is 13.0. The molecule has 0 aliphatic heterocycles. The van der Waals surface area contributed by atoms with E-state index in [0.717, 1.165) is 0 Å². The van der Waals surface area contributed by atoms with E-state index in [1.807, 2.05) is 6.07 Å². The summed E-state index contributed by atoms with van der Waals surface area (Å²) in [5.74, 6) is -0.907. The Hall–Kier alpha value is -1.76. The van der Waals surface area contributed by atoms with Gasteiger partial charge in [-0.1, -0.05) is 48.5 Å². The van der Waals surface area contributed by atoms with Gasteiger partial charge >= 0.3 is 0 Å². The van der Waals surface area contributed by atoms with Crippen molar-refractivity contribution >= 4 is 9.84 Å². The highest BCUT2D eigenvalue weighted by molar-refractivity contribution is 7.90. The molecule has 0 saturated heterocycles. The van der Waals surface area contributed by atoms with Crippen LogP contribution in [0.25, 0.3) is 0 Å². The van der Waals surface area contributed by atoms with Crippen molar-refractivity contribution in [3.63, 3.8) is 0 Å². The average molecular weight is 338 g/mol. The Morgan fingerprint density at radius 2 is 1.70 bits per heavy atom. The SMILES string of the molecule is O=S(=O)(Cc1ccccc1)CC(O)COCc1ccccc1F. The minimum Gasteiger partial charge on any atom is -0.390 e. The highest BCUT2D eigenvalue weighted by atomic mass is 32.2. The van der Waals surface area contributed by atoms with Crippen LogP contribution < -0.4 is 0 Å². The molecule has 2 aromatic carbocycles. The van der Waals surface area contributed by atoms with Crippen molar-refractivity contribution in [2.75, 3.05) is 12.4 Å². The molecule has 2 rings (SSSR count). The molecule has 0 radical (unpaired) electrons. The maximum absolute atomic E-state index is 13.4. The molecule has 0 aliphatic carbocycles. The third-order valence-corrected chi connectivity index (χ3v) is 4.87. The van der Waals surface area contributed by atoms with Crippen molar-refractivity contribution in [3.8, 4) is 0 Å². The Kier molecular flexibility index (Phi) is 6.27. The molecular weight excluding hydrogens is 319 g/mol. The molecule has 23 heavy (non-hydrogen) atoms. The second-order valence-corrected chi connectivity index (χ2v) is 7.41. The van der Waals surface area contributed by atoms with Crippen LogP contribution in [-0.2, 0) is 26.9 Å². The smallest absolute Gasteiger partial charge is 0.157 e. The average Bonchev–Trinajstić information content (AvgIpc) is 2.49. The fourth-order valence-corrected chi connectivity index (χ4v) is 3.65. The lowest BCUT2D eigenvalue weighted by atomic mass is 10.2. The summed E-state index contributed by atoms with van der Waals surface area (Å²) in [6.07, 6.45) is -1.14. The number of ether oxygens (including phenoxy) is 1. The Balaban J connectivity index is 1.80. The summed E-state index contributed by atoms with van der Waals surface area (Å²) >= 11 is 0. The van der Waals surface area contributed by atoms with Gasteiger partial charge in [0.2, 0.25) is 0 Å². The monoisotopic (exact) mass is 338 g/mol. The van der Waals surface area contributed by atoms with Crippen LogP contribution >= 0.6 is 0 Å². The number of rotatable bonds is 8. The highest BCUT2D eigenvalue weighted by Gasteiger charge is 2.18. The van der Waals surface area contributed by atoms with E-state index in [9.17, 15) is 17.9 Å². The number of hydrogen-bond acceptors (Lipinski definition) is 4. The molecule has 0 heterocycles. The first kappa shape index (κ1) is 17.6. The molecule has 124 valence electrons. The lowest BCUT2D eigenvalue weighted by Gasteiger charge is -2.12. The fourth-order valence-electron chi connectivity index (χ4n) is 2.15. The van der Waals surface area contributed by atoms with Gasteiger partial charge in [0.25, 0.3) is 0 Å². The molecule has 6 heteroatoms. The highest BCUT2D eigenvalue weighted by Crippen LogP contribution is 2.10. The number of aliphatic hydroxyl groups is 1. The molecule has 0 saturated carbocycles. The van der Waals surface area contributed by atoms with E-state index in [-0.39, 0.29) is 24.7 Å². The number of hydrogen-bond donors (Lipinski definition) is 1. The first-order chi connectivity index (χ1) is 11.0. The summed E-state index contributed by atoms with van der Waals surface area (Å²) in [6.45, 7) is -0.176. The van der Waals surface area contributed by atoms with Gasteiger partial charge in [-0.3, -0.25) is 0 Å². The van der Waals surface area contributed by atoms with Crippen LogP contribution in [-0.4, -0.2) is 32.0 Å². The van der Waals surface area contributed by atoms with Gasteiger partial charge in [-0.05, 0) is 11.6 Å². The molecular formula is C17H19FO4S. The first-order valence-corrected chi connectivity index (χ1v) is 9.02. The lowest BCUT2D eigenvalue weighted by molar-refractivity contribution is 0.0379. The van der Waals surface area contributed by atoms with E-state index in [2.05, 4.69) is 0 Å². The molecule has 0 aromatic heterocycles. The van der Waals surface area contributed by atoms with E-state index < -0.39 is 21.8 Å². The van der Waals surface area contributed by atoms with Gasteiger partial charge in [0.1, 0.15) is 5.82 Å². The van der Waals surface area contributed by atoms with Crippen molar-refractivity contribution < 1.29 is 22.7 Å². The molecule has 0 spiro atoms. The molecule has 4 nitrogen and oxygen atoms in total. The van der Waals surface area contributed by atoms with Gasteiger partial charge in [0.15, 0.2) is 9.84 Å². The number of benzene rings is 2. The van der Waals surface area contributed by atoms with Gasteiger partial charge in [0.05, 0.1) is 30.8 Å². The molecule has 0 aliphatic rings.